The van der Waals surface area contributed by atoms with Crippen molar-refractivity contribution in [1.82, 2.24) is 10.2 Å². The van der Waals surface area contributed by atoms with Gasteiger partial charge in [-0.25, -0.2) is 0 Å². The second kappa shape index (κ2) is 9.03. The average Bonchev–Trinajstić information content (AvgIpc) is 3.27. The molecule has 2 N–H and O–H groups in total. The van der Waals surface area contributed by atoms with Gasteiger partial charge in [0, 0.05) is 25.6 Å². The normalized spacial score (nSPS) is 14.4. The average molecular weight is 381 g/mol. The van der Waals surface area contributed by atoms with Crippen LogP contribution >= 0.6 is 0 Å². The Morgan fingerprint density at radius 2 is 1.93 bits per heavy atom. The number of carbonyl (C=O) groups excluding carboxylic acids is 3. The van der Waals surface area contributed by atoms with Gasteiger partial charge in [0.05, 0.1) is 23.1 Å². The maximum Gasteiger partial charge on any atom is 0.257 e. The van der Waals surface area contributed by atoms with E-state index in [1.54, 1.807) is 41.3 Å². The summed E-state index contributed by atoms with van der Waals surface area (Å²) in [5.74, 6) is -0.703. The molecule has 7 nitrogen and oxygen atoms in total. The summed E-state index contributed by atoms with van der Waals surface area (Å²) in [6, 6.07) is 8.53. The molecule has 1 aromatic heterocycles. The summed E-state index contributed by atoms with van der Waals surface area (Å²) in [5, 5.41) is 5.58. The van der Waals surface area contributed by atoms with E-state index >= 15 is 0 Å². The maximum atomic E-state index is 12.7. The fourth-order valence-corrected chi connectivity index (χ4v) is 3.20. The molecule has 3 amide bonds. The van der Waals surface area contributed by atoms with Crippen LogP contribution in [-0.4, -0.2) is 42.3 Å². The summed E-state index contributed by atoms with van der Waals surface area (Å²) in [4.78, 5) is 39.0. The lowest BCUT2D eigenvalue weighted by molar-refractivity contribution is -0.121. The van der Waals surface area contributed by atoms with E-state index in [4.69, 9.17) is 4.42 Å². The van der Waals surface area contributed by atoms with Crippen molar-refractivity contribution in [3.05, 3.63) is 66.6 Å². The number of hydrogen-bond donors (Lipinski definition) is 2. The second-order valence-corrected chi connectivity index (χ2v) is 6.61. The Kier molecular flexibility index (Phi) is 6.26. The Labute approximate surface area is 163 Å². The van der Waals surface area contributed by atoms with Crippen molar-refractivity contribution in [3.8, 4) is 0 Å². The molecular weight excluding hydrogens is 358 g/mol. The van der Waals surface area contributed by atoms with Crippen molar-refractivity contribution < 1.29 is 18.8 Å². The number of anilines is 1. The second-order valence-electron chi connectivity index (χ2n) is 6.61. The third-order valence-corrected chi connectivity index (χ3v) is 4.76. The van der Waals surface area contributed by atoms with Crippen LogP contribution in [-0.2, 0) is 4.79 Å². The number of likely N-dealkylation sites (tertiary alicyclic amines) is 1. The largest absolute Gasteiger partial charge is 0.472 e. The summed E-state index contributed by atoms with van der Waals surface area (Å²) < 4.78 is 4.96. The van der Waals surface area contributed by atoms with E-state index in [2.05, 4.69) is 17.2 Å². The van der Waals surface area contributed by atoms with Gasteiger partial charge in [0.15, 0.2) is 0 Å². The summed E-state index contributed by atoms with van der Waals surface area (Å²) in [7, 11) is 0. The van der Waals surface area contributed by atoms with Crippen molar-refractivity contribution in [2.45, 2.75) is 12.8 Å². The zero-order chi connectivity index (χ0) is 19.9. The number of nitrogens with zero attached hydrogens (tertiary/aromatic N) is 1. The molecule has 2 aromatic rings. The molecule has 7 heteroatoms. The Morgan fingerprint density at radius 1 is 1.18 bits per heavy atom. The van der Waals surface area contributed by atoms with Gasteiger partial charge in [-0.3, -0.25) is 14.4 Å². The number of amides is 3. The lowest BCUT2D eigenvalue weighted by Gasteiger charge is -2.31. The van der Waals surface area contributed by atoms with Crippen LogP contribution in [0.3, 0.4) is 0 Å². The number of piperidine rings is 1. The number of nitrogens with one attached hydrogen (secondary N) is 2. The van der Waals surface area contributed by atoms with E-state index in [-0.39, 0.29) is 23.6 Å². The lowest BCUT2D eigenvalue weighted by Crippen LogP contribution is -2.41. The molecule has 0 atom stereocenters. The van der Waals surface area contributed by atoms with E-state index in [9.17, 15) is 14.4 Å². The van der Waals surface area contributed by atoms with Gasteiger partial charge in [-0.15, -0.1) is 6.58 Å². The highest BCUT2D eigenvalue weighted by molar-refractivity contribution is 6.04. The van der Waals surface area contributed by atoms with Crippen molar-refractivity contribution in [1.29, 1.82) is 0 Å². The number of hydrogen-bond acceptors (Lipinski definition) is 4. The third kappa shape index (κ3) is 4.49. The Hall–Kier alpha value is -3.35. The zero-order valence-electron chi connectivity index (χ0n) is 15.5. The molecule has 0 bridgehead atoms. The van der Waals surface area contributed by atoms with E-state index < -0.39 is 0 Å². The minimum atomic E-state index is -0.267. The summed E-state index contributed by atoms with van der Waals surface area (Å²) >= 11 is 0. The van der Waals surface area contributed by atoms with Crippen LogP contribution < -0.4 is 10.6 Å². The first-order valence-corrected chi connectivity index (χ1v) is 9.20. The molecule has 146 valence electrons. The Balaban J connectivity index is 1.58. The monoisotopic (exact) mass is 381 g/mol. The van der Waals surface area contributed by atoms with Gasteiger partial charge in [-0.05, 0) is 31.0 Å². The maximum absolute atomic E-state index is 12.7. The molecule has 1 aliphatic rings. The molecule has 1 aliphatic heterocycles. The number of carbonyl (C=O) groups is 3. The molecule has 2 heterocycles. The van der Waals surface area contributed by atoms with Crippen LogP contribution in [0.25, 0.3) is 0 Å². The minimum Gasteiger partial charge on any atom is -0.472 e. The first-order valence-electron chi connectivity index (χ1n) is 9.20. The van der Waals surface area contributed by atoms with Crippen molar-refractivity contribution in [3.63, 3.8) is 0 Å². The summed E-state index contributed by atoms with van der Waals surface area (Å²) in [6.45, 7) is 4.93. The van der Waals surface area contributed by atoms with E-state index in [0.29, 0.717) is 49.3 Å². The molecule has 0 aliphatic carbocycles. The molecular formula is C21H23N3O4. The predicted molar refractivity (Wildman–Crippen MR) is 105 cm³/mol. The van der Waals surface area contributed by atoms with Crippen LogP contribution in [0.5, 0.6) is 0 Å². The van der Waals surface area contributed by atoms with Gasteiger partial charge in [0.25, 0.3) is 11.8 Å². The first kappa shape index (κ1) is 19.4. The third-order valence-electron chi connectivity index (χ3n) is 4.76. The molecule has 1 saturated heterocycles. The standard InChI is InChI=1S/C21H23N3O4/c1-2-10-22-20(26)17-5-3-4-6-18(17)23-19(25)15-7-11-24(12-8-15)21(27)16-9-13-28-14-16/h2-6,9,13-15H,1,7-8,10-12H2,(H,22,26)(H,23,25). The molecule has 28 heavy (non-hydrogen) atoms. The summed E-state index contributed by atoms with van der Waals surface area (Å²) in [6.07, 6.45) is 5.63. The fraction of sp³-hybridized carbons (Fsp3) is 0.286. The number of benzene rings is 1. The predicted octanol–water partition coefficient (Wildman–Crippen LogP) is 2.69. The summed E-state index contributed by atoms with van der Waals surface area (Å²) in [5.41, 5.74) is 1.40. The highest BCUT2D eigenvalue weighted by atomic mass is 16.3. The zero-order valence-corrected chi connectivity index (χ0v) is 15.5. The minimum absolute atomic E-state index is 0.0863. The molecule has 0 unspecified atom stereocenters. The number of para-hydroxylation sites is 1. The molecule has 0 radical (unpaired) electrons. The SMILES string of the molecule is C=CCNC(=O)c1ccccc1NC(=O)C1CCN(C(=O)c2ccoc2)CC1. The molecule has 1 aromatic carbocycles. The lowest BCUT2D eigenvalue weighted by atomic mass is 9.95. The van der Waals surface area contributed by atoms with Crippen LogP contribution in [0.2, 0.25) is 0 Å². The topological polar surface area (TPSA) is 91.7 Å². The molecule has 0 spiro atoms. The van der Waals surface area contributed by atoms with Gasteiger partial charge in [0.1, 0.15) is 6.26 Å². The van der Waals surface area contributed by atoms with Gasteiger partial charge < -0.3 is 20.0 Å². The van der Waals surface area contributed by atoms with Crippen LogP contribution in [0.4, 0.5) is 5.69 Å². The van der Waals surface area contributed by atoms with Crippen molar-refractivity contribution in [2.24, 2.45) is 5.92 Å². The van der Waals surface area contributed by atoms with E-state index in [0.717, 1.165) is 0 Å². The molecule has 1 fully saturated rings. The van der Waals surface area contributed by atoms with Gasteiger partial charge in [-0.2, -0.15) is 0 Å². The van der Waals surface area contributed by atoms with Gasteiger partial charge in [-0.1, -0.05) is 18.2 Å². The van der Waals surface area contributed by atoms with Gasteiger partial charge >= 0.3 is 0 Å². The first-order chi connectivity index (χ1) is 13.6. The highest BCUT2D eigenvalue weighted by Gasteiger charge is 2.28. The smallest absolute Gasteiger partial charge is 0.257 e. The number of furan rings is 1. The van der Waals surface area contributed by atoms with Crippen molar-refractivity contribution in [2.75, 3.05) is 25.0 Å². The van der Waals surface area contributed by atoms with Gasteiger partial charge in [0.2, 0.25) is 5.91 Å². The van der Waals surface area contributed by atoms with Crippen LogP contribution in [0, 0.1) is 5.92 Å². The molecule has 0 saturated carbocycles. The molecule has 3 rings (SSSR count). The van der Waals surface area contributed by atoms with E-state index in [1.165, 1.54) is 12.5 Å². The van der Waals surface area contributed by atoms with E-state index in [1.807, 2.05) is 0 Å². The Bertz CT molecular complexity index is 852. The van der Waals surface area contributed by atoms with Crippen LogP contribution in [0.1, 0.15) is 33.6 Å². The Morgan fingerprint density at radius 3 is 2.61 bits per heavy atom. The fourth-order valence-electron chi connectivity index (χ4n) is 3.20. The highest BCUT2D eigenvalue weighted by Crippen LogP contribution is 2.22. The quantitative estimate of drug-likeness (QED) is 0.753. The van der Waals surface area contributed by atoms with Crippen LogP contribution in [0.15, 0.2) is 59.9 Å². The van der Waals surface area contributed by atoms with Crippen molar-refractivity contribution >= 4 is 23.4 Å². The number of rotatable bonds is 6.